The maximum absolute atomic E-state index is 6.06. The number of aryl methyl sites for hydroxylation is 2. The average molecular weight is 239 g/mol. The molecule has 88 valence electrons. The van der Waals surface area contributed by atoms with E-state index in [1.54, 1.807) is 0 Å². The molecule has 1 atom stereocenters. The van der Waals surface area contributed by atoms with Crippen molar-refractivity contribution in [3.63, 3.8) is 0 Å². The third-order valence-corrected chi connectivity index (χ3v) is 3.66. The van der Waals surface area contributed by atoms with Gasteiger partial charge in [0.2, 0.25) is 0 Å². The van der Waals surface area contributed by atoms with Crippen LogP contribution in [0.3, 0.4) is 0 Å². The van der Waals surface area contributed by atoms with Gasteiger partial charge < -0.3 is 5.32 Å². The van der Waals surface area contributed by atoms with Gasteiger partial charge >= 0.3 is 0 Å². The lowest BCUT2D eigenvalue weighted by molar-refractivity contribution is 0.751. The smallest absolute Gasteiger partial charge is 0.126 e. The summed E-state index contributed by atoms with van der Waals surface area (Å²) >= 11 is 6.06. The van der Waals surface area contributed by atoms with Crippen LogP contribution in [0.2, 0.25) is 0 Å². The molecule has 16 heavy (non-hydrogen) atoms. The summed E-state index contributed by atoms with van der Waals surface area (Å²) in [5, 5.41) is 3.62. The minimum atomic E-state index is 0.280. The summed E-state index contributed by atoms with van der Waals surface area (Å²) in [6.07, 6.45) is 5.61. The zero-order chi connectivity index (χ0) is 11.4. The van der Waals surface area contributed by atoms with Crippen LogP contribution in [0, 0.1) is 0 Å². The summed E-state index contributed by atoms with van der Waals surface area (Å²) in [5.74, 6) is 1.00. The van der Waals surface area contributed by atoms with Crippen molar-refractivity contribution in [2.24, 2.45) is 0 Å². The predicted octanol–water partition coefficient (Wildman–Crippen LogP) is 3.39. The molecule has 2 nitrogen and oxygen atoms in total. The fourth-order valence-corrected chi connectivity index (χ4v) is 2.19. The number of hydrogen-bond acceptors (Lipinski definition) is 2. The van der Waals surface area contributed by atoms with E-state index in [4.69, 9.17) is 11.6 Å². The number of halogens is 1. The van der Waals surface area contributed by atoms with Gasteiger partial charge in [-0.15, -0.1) is 11.6 Å². The Labute approximate surface area is 102 Å². The van der Waals surface area contributed by atoms with Crippen molar-refractivity contribution in [1.29, 1.82) is 0 Å². The molecule has 1 heterocycles. The van der Waals surface area contributed by atoms with Crippen LogP contribution in [0.4, 0.5) is 5.82 Å². The maximum atomic E-state index is 6.06. The number of anilines is 1. The van der Waals surface area contributed by atoms with E-state index in [0.29, 0.717) is 0 Å². The van der Waals surface area contributed by atoms with Gasteiger partial charge in [0.1, 0.15) is 5.82 Å². The molecule has 1 aliphatic rings. The van der Waals surface area contributed by atoms with Gasteiger partial charge in [-0.05, 0) is 43.7 Å². The molecule has 1 aromatic heterocycles. The first-order valence-electron chi connectivity index (χ1n) is 6.16. The van der Waals surface area contributed by atoms with Crippen molar-refractivity contribution in [3.05, 3.63) is 23.4 Å². The first-order valence-corrected chi connectivity index (χ1v) is 6.60. The lowest BCUT2D eigenvalue weighted by Crippen LogP contribution is -2.09. The quantitative estimate of drug-likeness (QED) is 0.796. The van der Waals surface area contributed by atoms with Crippen LogP contribution in [0.25, 0.3) is 0 Å². The molecule has 1 aliphatic carbocycles. The van der Waals surface area contributed by atoms with Crippen LogP contribution in [-0.2, 0) is 12.8 Å². The van der Waals surface area contributed by atoms with Gasteiger partial charge in [-0.2, -0.15) is 0 Å². The summed E-state index contributed by atoms with van der Waals surface area (Å²) in [4.78, 5) is 4.62. The Kier molecular flexibility index (Phi) is 4.05. The Hall–Kier alpha value is -0.760. The Morgan fingerprint density at radius 3 is 3.12 bits per heavy atom. The number of pyridine rings is 1. The lowest BCUT2D eigenvalue weighted by atomic mass is 10.2. The van der Waals surface area contributed by atoms with Crippen LogP contribution < -0.4 is 5.32 Å². The molecule has 0 radical (unpaired) electrons. The Bertz CT molecular complexity index is 352. The van der Waals surface area contributed by atoms with Gasteiger partial charge in [0.05, 0.1) is 0 Å². The largest absolute Gasteiger partial charge is 0.370 e. The number of nitrogens with one attached hydrogen (secondary N) is 1. The summed E-state index contributed by atoms with van der Waals surface area (Å²) in [6.45, 7) is 3.03. The normalized spacial score (nSPS) is 15.9. The standard InChI is InChI=1S/C13H19ClN2/c1-2-11(14)8-9-15-13-7-6-10-4-3-5-12(10)16-13/h6-7,11H,2-5,8-9H2,1H3,(H,15,16). The predicted molar refractivity (Wildman–Crippen MR) is 69.3 cm³/mol. The highest BCUT2D eigenvalue weighted by molar-refractivity contribution is 6.20. The van der Waals surface area contributed by atoms with Crippen molar-refractivity contribution in [3.8, 4) is 0 Å². The fourth-order valence-electron chi connectivity index (χ4n) is 2.08. The van der Waals surface area contributed by atoms with E-state index in [0.717, 1.165) is 31.6 Å². The van der Waals surface area contributed by atoms with E-state index >= 15 is 0 Å². The van der Waals surface area contributed by atoms with E-state index in [1.807, 2.05) is 0 Å². The molecule has 1 unspecified atom stereocenters. The van der Waals surface area contributed by atoms with E-state index in [-0.39, 0.29) is 5.38 Å². The van der Waals surface area contributed by atoms with Gasteiger partial charge in [-0.1, -0.05) is 13.0 Å². The molecule has 0 bridgehead atoms. The molecule has 3 heteroatoms. The molecule has 0 aromatic carbocycles. The lowest BCUT2D eigenvalue weighted by Gasteiger charge is -2.09. The summed E-state index contributed by atoms with van der Waals surface area (Å²) in [5.41, 5.74) is 2.71. The van der Waals surface area contributed by atoms with Crippen molar-refractivity contribution < 1.29 is 0 Å². The maximum Gasteiger partial charge on any atom is 0.126 e. The van der Waals surface area contributed by atoms with E-state index in [1.165, 1.54) is 24.1 Å². The Morgan fingerprint density at radius 2 is 2.31 bits per heavy atom. The minimum Gasteiger partial charge on any atom is -0.370 e. The van der Waals surface area contributed by atoms with Crippen molar-refractivity contribution in [1.82, 2.24) is 4.98 Å². The van der Waals surface area contributed by atoms with E-state index in [9.17, 15) is 0 Å². The van der Waals surface area contributed by atoms with Crippen molar-refractivity contribution in [2.45, 2.75) is 44.4 Å². The van der Waals surface area contributed by atoms with E-state index < -0.39 is 0 Å². The SMILES string of the molecule is CCC(Cl)CCNc1ccc2c(n1)CCC2. The molecule has 0 fully saturated rings. The van der Waals surface area contributed by atoms with Gasteiger partial charge in [-0.25, -0.2) is 4.98 Å². The first kappa shape index (κ1) is 11.7. The third kappa shape index (κ3) is 2.88. The van der Waals surface area contributed by atoms with Crippen LogP contribution in [0.1, 0.15) is 37.4 Å². The highest BCUT2D eigenvalue weighted by atomic mass is 35.5. The molecule has 1 aromatic rings. The molecule has 0 saturated heterocycles. The van der Waals surface area contributed by atoms with E-state index in [2.05, 4.69) is 29.4 Å². The molecular weight excluding hydrogens is 220 g/mol. The molecule has 0 amide bonds. The van der Waals surface area contributed by atoms with Gasteiger partial charge in [0.25, 0.3) is 0 Å². The van der Waals surface area contributed by atoms with Crippen LogP contribution in [-0.4, -0.2) is 16.9 Å². The second-order valence-corrected chi connectivity index (χ2v) is 4.99. The number of nitrogens with zero attached hydrogens (tertiary/aromatic N) is 1. The third-order valence-electron chi connectivity index (χ3n) is 3.13. The monoisotopic (exact) mass is 238 g/mol. The van der Waals surface area contributed by atoms with Crippen molar-refractivity contribution in [2.75, 3.05) is 11.9 Å². The number of aromatic nitrogens is 1. The number of alkyl halides is 1. The minimum absolute atomic E-state index is 0.280. The van der Waals surface area contributed by atoms with Crippen LogP contribution >= 0.6 is 11.6 Å². The fraction of sp³-hybridized carbons (Fsp3) is 0.615. The molecule has 0 aliphatic heterocycles. The zero-order valence-corrected chi connectivity index (χ0v) is 10.6. The molecule has 2 rings (SSSR count). The second-order valence-electron chi connectivity index (χ2n) is 4.38. The molecule has 1 N–H and O–H groups in total. The van der Waals surface area contributed by atoms with Crippen LogP contribution in [0.15, 0.2) is 12.1 Å². The highest BCUT2D eigenvalue weighted by Crippen LogP contribution is 2.21. The summed E-state index contributed by atoms with van der Waals surface area (Å²) < 4.78 is 0. The van der Waals surface area contributed by atoms with Crippen LogP contribution in [0.5, 0.6) is 0 Å². The summed E-state index contributed by atoms with van der Waals surface area (Å²) in [7, 11) is 0. The Balaban J connectivity index is 1.86. The number of rotatable bonds is 5. The molecular formula is C13H19ClN2. The molecule has 0 spiro atoms. The molecule has 0 saturated carbocycles. The van der Waals surface area contributed by atoms with Crippen molar-refractivity contribution >= 4 is 17.4 Å². The second kappa shape index (κ2) is 5.53. The van der Waals surface area contributed by atoms with Gasteiger partial charge in [0.15, 0.2) is 0 Å². The topological polar surface area (TPSA) is 24.9 Å². The zero-order valence-electron chi connectivity index (χ0n) is 9.80. The van der Waals surface area contributed by atoms with Gasteiger partial charge in [-0.3, -0.25) is 0 Å². The van der Waals surface area contributed by atoms with Gasteiger partial charge in [0, 0.05) is 17.6 Å². The Morgan fingerprint density at radius 1 is 1.44 bits per heavy atom. The average Bonchev–Trinajstić information content (AvgIpc) is 2.76. The summed E-state index contributed by atoms with van der Waals surface area (Å²) in [6, 6.07) is 4.29. The number of fused-ring (bicyclic) bond motifs is 1. The number of hydrogen-bond donors (Lipinski definition) is 1. The highest BCUT2D eigenvalue weighted by Gasteiger charge is 2.12. The first-order chi connectivity index (χ1) is 7.79.